The van der Waals surface area contributed by atoms with E-state index in [9.17, 15) is 14.4 Å². The molecule has 8 nitrogen and oxygen atoms in total. The van der Waals surface area contributed by atoms with Crippen LogP contribution < -0.4 is 10.1 Å². The summed E-state index contributed by atoms with van der Waals surface area (Å²) in [5, 5.41) is 2.34. The van der Waals surface area contributed by atoms with Crippen molar-refractivity contribution in [1.29, 1.82) is 0 Å². The highest BCUT2D eigenvalue weighted by molar-refractivity contribution is 6.05. The molecule has 3 amide bonds. The zero-order chi connectivity index (χ0) is 24.5. The van der Waals surface area contributed by atoms with Crippen LogP contribution >= 0.6 is 0 Å². The average molecular weight is 477 g/mol. The fraction of sp³-hybridized carbons (Fsp3) is 0.444. The number of fused-ring (bicyclic) bond motifs is 1. The predicted molar refractivity (Wildman–Crippen MR) is 131 cm³/mol. The minimum atomic E-state index is -0.629. The Balaban J connectivity index is 1.23. The molecule has 0 bridgehead atoms. The molecule has 3 heterocycles. The van der Waals surface area contributed by atoms with Gasteiger partial charge in [0.15, 0.2) is 0 Å². The Morgan fingerprint density at radius 2 is 1.77 bits per heavy atom. The van der Waals surface area contributed by atoms with Crippen LogP contribution in [0.1, 0.15) is 52.9 Å². The lowest BCUT2D eigenvalue weighted by molar-refractivity contribution is -0.136. The number of hydrogen-bond donors (Lipinski definition) is 1. The molecule has 0 spiro atoms. The number of ether oxygens (including phenoxy) is 1. The van der Waals surface area contributed by atoms with Gasteiger partial charge in [-0.15, -0.1) is 0 Å². The normalized spacial score (nSPS) is 22.2. The van der Waals surface area contributed by atoms with Gasteiger partial charge in [-0.05, 0) is 43.7 Å². The molecule has 0 aromatic heterocycles. The van der Waals surface area contributed by atoms with Gasteiger partial charge in [0.05, 0.1) is 6.54 Å². The fourth-order valence-corrected chi connectivity index (χ4v) is 5.17. The minimum Gasteiger partial charge on any atom is -0.489 e. The monoisotopic (exact) mass is 476 g/mol. The Labute approximate surface area is 205 Å². The van der Waals surface area contributed by atoms with Crippen molar-refractivity contribution >= 4 is 17.7 Å². The SMILES string of the molecule is C[C@H](c1ccc(COc2cccc3c2CN([C@H]2CCC(=O)NC2=O)C3=O)cc1)N1CCN(C)CC1. The standard InChI is InChI=1S/C27H32N4O4/c1-18(30-14-12-29(2)13-15-30)20-8-6-19(7-9-20)17-35-24-5-3-4-21-22(24)16-31(27(21)34)23-10-11-25(32)28-26(23)33/h3-9,18,23H,10-17H2,1-2H3,(H,28,32,33)/t18-,23+/m1/s1. The molecular formula is C27H32N4O4. The van der Waals surface area contributed by atoms with Crippen molar-refractivity contribution in [2.75, 3.05) is 33.2 Å². The number of amides is 3. The molecule has 2 saturated heterocycles. The molecular weight excluding hydrogens is 444 g/mol. The molecule has 5 rings (SSSR count). The van der Waals surface area contributed by atoms with Crippen LogP contribution in [0.3, 0.4) is 0 Å². The van der Waals surface area contributed by atoms with Gasteiger partial charge in [-0.1, -0.05) is 30.3 Å². The van der Waals surface area contributed by atoms with Crippen LogP contribution in [-0.4, -0.2) is 71.7 Å². The number of likely N-dealkylation sites (N-methyl/N-ethyl adjacent to an activating group) is 1. The Morgan fingerprint density at radius 3 is 2.49 bits per heavy atom. The summed E-state index contributed by atoms with van der Waals surface area (Å²) in [5.41, 5.74) is 3.71. The molecule has 0 aliphatic carbocycles. The number of piperazine rings is 1. The lowest BCUT2D eigenvalue weighted by atomic mass is 10.0. The Bertz CT molecular complexity index is 1120. The number of nitrogens with zero attached hydrogens (tertiary/aromatic N) is 3. The van der Waals surface area contributed by atoms with Crippen LogP contribution in [0.15, 0.2) is 42.5 Å². The summed E-state index contributed by atoms with van der Waals surface area (Å²) >= 11 is 0. The van der Waals surface area contributed by atoms with Crippen LogP contribution in [0, 0.1) is 0 Å². The molecule has 184 valence electrons. The van der Waals surface area contributed by atoms with Crippen molar-refractivity contribution in [3.8, 4) is 5.75 Å². The van der Waals surface area contributed by atoms with Gasteiger partial charge in [0, 0.05) is 49.8 Å². The molecule has 2 aromatic carbocycles. The summed E-state index contributed by atoms with van der Waals surface area (Å²) in [6, 6.07) is 13.7. The van der Waals surface area contributed by atoms with E-state index < -0.39 is 11.9 Å². The summed E-state index contributed by atoms with van der Waals surface area (Å²) in [6.45, 7) is 7.31. The average Bonchev–Trinajstić information content (AvgIpc) is 3.20. The quantitative estimate of drug-likeness (QED) is 0.645. The lowest BCUT2D eigenvalue weighted by Gasteiger charge is -2.36. The smallest absolute Gasteiger partial charge is 0.255 e. The van der Waals surface area contributed by atoms with Gasteiger partial charge in [-0.3, -0.25) is 24.6 Å². The first-order valence-electron chi connectivity index (χ1n) is 12.3. The van der Waals surface area contributed by atoms with E-state index >= 15 is 0 Å². The van der Waals surface area contributed by atoms with E-state index in [1.807, 2.05) is 6.07 Å². The molecule has 3 aliphatic heterocycles. The number of imide groups is 1. The van der Waals surface area contributed by atoms with Crippen molar-refractivity contribution in [3.05, 3.63) is 64.7 Å². The molecule has 2 atom stereocenters. The second kappa shape index (κ2) is 9.79. The van der Waals surface area contributed by atoms with E-state index in [0.717, 1.165) is 37.3 Å². The highest BCUT2D eigenvalue weighted by Gasteiger charge is 2.40. The number of carbonyl (C=O) groups excluding carboxylic acids is 3. The number of carbonyl (C=O) groups is 3. The third-order valence-electron chi connectivity index (χ3n) is 7.48. The second-order valence-electron chi connectivity index (χ2n) is 9.73. The molecule has 0 saturated carbocycles. The van der Waals surface area contributed by atoms with E-state index in [2.05, 4.69) is 53.4 Å². The van der Waals surface area contributed by atoms with Gasteiger partial charge < -0.3 is 14.5 Å². The maximum absolute atomic E-state index is 13.0. The van der Waals surface area contributed by atoms with E-state index in [4.69, 9.17) is 4.74 Å². The summed E-state index contributed by atoms with van der Waals surface area (Å²) in [5.74, 6) is -0.234. The van der Waals surface area contributed by atoms with Gasteiger partial charge in [-0.25, -0.2) is 0 Å². The molecule has 3 aliphatic rings. The summed E-state index contributed by atoms with van der Waals surface area (Å²) in [7, 11) is 2.17. The first kappa shape index (κ1) is 23.5. The summed E-state index contributed by atoms with van der Waals surface area (Å²) < 4.78 is 6.14. The molecule has 35 heavy (non-hydrogen) atoms. The van der Waals surface area contributed by atoms with E-state index in [-0.39, 0.29) is 18.2 Å². The topological polar surface area (TPSA) is 82.2 Å². The van der Waals surface area contributed by atoms with Crippen LogP contribution in [-0.2, 0) is 22.7 Å². The Kier molecular flexibility index (Phi) is 6.58. The molecule has 2 fully saturated rings. The maximum Gasteiger partial charge on any atom is 0.255 e. The zero-order valence-electron chi connectivity index (χ0n) is 20.3. The van der Waals surface area contributed by atoms with Crippen molar-refractivity contribution in [2.24, 2.45) is 0 Å². The van der Waals surface area contributed by atoms with E-state index in [1.54, 1.807) is 17.0 Å². The van der Waals surface area contributed by atoms with E-state index in [0.29, 0.717) is 36.9 Å². The number of piperidine rings is 1. The van der Waals surface area contributed by atoms with Gasteiger partial charge in [0.2, 0.25) is 11.8 Å². The van der Waals surface area contributed by atoms with Crippen molar-refractivity contribution in [3.63, 3.8) is 0 Å². The third-order valence-corrected chi connectivity index (χ3v) is 7.48. The first-order chi connectivity index (χ1) is 16.9. The van der Waals surface area contributed by atoms with Crippen LogP contribution in [0.4, 0.5) is 0 Å². The third kappa shape index (κ3) is 4.81. The van der Waals surface area contributed by atoms with Crippen molar-refractivity contribution in [1.82, 2.24) is 20.0 Å². The number of hydrogen-bond acceptors (Lipinski definition) is 6. The molecule has 8 heteroatoms. The molecule has 0 radical (unpaired) electrons. The van der Waals surface area contributed by atoms with Gasteiger partial charge in [0.25, 0.3) is 5.91 Å². The largest absolute Gasteiger partial charge is 0.489 e. The second-order valence-corrected chi connectivity index (χ2v) is 9.73. The summed E-state index contributed by atoms with van der Waals surface area (Å²) in [6.07, 6.45) is 0.586. The molecule has 2 aromatic rings. The van der Waals surface area contributed by atoms with Crippen molar-refractivity contribution < 1.29 is 19.1 Å². The molecule has 1 N–H and O–H groups in total. The predicted octanol–water partition coefficient (Wildman–Crippen LogP) is 2.33. The van der Waals surface area contributed by atoms with E-state index in [1.165, 1.54) is 5.56 Å². The van der Waals surface area contributed by atoms with Gasteiger partial charge >= 0.3 is 0 Å². The Hall–Kier alpha value is -3.23. The van der Waals surface area contributed by atoms with Crippen molar-refractivity contribution in [2.45, 2.75) is 45.0 Å². The van der Waals surface area contributed by atoms with Crippen LogP contribution in [0.25, 0.3) is 0 Å². The maximum atomic E-state index is 13.0. The minimum absolute atomic E-state index is 0.192. The zero-order valence-corrected chi connectivity index (χ0v) is 20.3. The van der Waals surface area contributed by atoms with Crippen LogP contribution in [0.5, 0.6) is 5.75 Å². The Morgan fingerprint density at radius 1 is 1.03 bits per heavy atom. The van der Waals surface area contributed by atoms with Gasteiger partial charge in [0.1, 0.15) is 18.4 Å². The first-order valence-corrected chi connectivity index (χ1v) is 12.3. The number of nitrogens with one attached hydrogen (secondary N) is 1. The fourth-order valence-electron chi connectivity index (χ4n) is 5.17. The number of benzene rings is 2. The highest BCUT2D eigenvalue weighted by Crippen LogP contribution is 2.34. The number of rotatable bonds is 6. The lowest BCUT2D eigenvalue weighted by Crippen LogP contribution is -2.52. The van der Waals surface area contributed by atoms with Crippen LogP contribution in [0.2, 0.25) is 0 Å². The summed E-state index contributed by atoms with van der Waals surface area (Å²) in [4.78, 5) is 43.2. The van der Waals surface area contributed by atoms with Gasteiger partial charge in [-0.2, -0.15) is 0 Å². The highest BCUT2D eigenvalue weighted by atomic mass is 16.5. The molecule has 0 unspecified atom stereocenters.